The molecule has 1 radical (unpaired) electrons. The van der Waals surface area contributed by atoms with E-state index in [1.807, 2.05) is 59.0 Å². The number of hydrogen-bond acceptors (Lipinski definition) is 5. The zero-order chi connectivity index (χ0) is 44.4. The van der Waals surface area contributed by atoms with Crippen LogP contribution in [0, 0.1) is 38.2 Å². The number of pyridine rings is 2. The quantitative estimate of drug-likeness (QED) is 0.161. The van der Waals surface area contributed by atoms with Gasteiger partial charge in [-0.15, -0.1) is 64.9 Å². The number of thiazole rings is 1. The summed E-state index contributed by atoms with van der Waals surface area (Å²) < 4.78 is 55.3. The van der Waals surface area contributed by atoms with E-state index in [1.165, 1.54) is 23.4 Å². The summed E-state index contributed by atoms with van der Waals surface area (Å²) in [6, 6.07) is 31.1. The van der Waals surface area contributed by atoms with Crippen molar-refractivity contribution in [3.8, 4) is 33.6 Å². The summed E-state index contributed by atoms with van der Waals surface area (Å²) >= 11 is 1.72. The second-order valence-electron chi connectivity index (χ2n) is 16.4. The van der Waals surface area contributed by atoms with E-state index in [9.17, 15) is 0 Å². The predicted octanol–water partition coefficient (Wildman–Crippen LogP) is 14.2. The molecule has 0 bridgehead atoms. The monoisotopic (exact) mass is 940 g/mol. The summed E-state index contributed by atoms with van der Waals surface area (Å²) in [4.78, 5) is 14.2. The van der Waals surface area contributed by atoms with Crippen LogP contribution in [0.4, 0.5) is 0 Å². The fourth-order valence-corrected chi connectivity index (χ4v) is 7.81. The molecule has 4 aromatic carbocycles. The Balaban J connectivity index is 0.000000230. The van der Waals surface area contributed by atoms with Gasteiger partial charge in [-0.05, 0) is 76.8 Å². The predicted molar refractivity (Wildman–Crippen MR) is 233 cm³/mol. The van der Waals surface area contributed by atoms with Crippen LogP contribution in [0.25, 0.3) is 65.8 Å². The maximum absolute atomic E-state index is 8.99. The van der Waals surface area contributed by atoms with Gasteiger partial charge in [0.15, 0.2) is 0 Å². The van der Waals surface area contributed by atoms with Crippen molar-refractivity contribution in [1.29, 1.82) is 0 Å². The Kier molecular flexibility index (Phi) is 9.72. The molecule has 0 atom stereocenters. The molecule has 0 N–H and O–H groups in total. The van der Waals surface area contributed by atoms with Gasteiger partial charge in [0.1, 0.15) is 11.1 Å². The van der Waals surface area contributed by atoms with E-state index in [0.29, 0.717) is 16.8 Å². The van der Waals surface area contributed by atoms with E-state index < -0.39 is 24.5 Å². The molecule has 0 saturated heterocycles. The SMILES string of the molecule is [2H]C(C)(C)c1cc(-c2[c-]ccc3c2oc2c3ccc3sc(C(C)(C)C)nc32)ncc1-c1c(C)cccc1C.[2H]C([2H])([2H])c1c[c-]c(-c2ccc(C([2H])([2H])C(C)(C)C)cn2)cc1.[Ir]. The minimum atomic E-state index is -2.14. The summed E-state index contributed by atoms with van der Waals surface area (Å²) in [5.41, 5.74) is 11.0. The smallest absolute Gasteiger partial charge is 0.148 e. The number of fused-ring (bicyclic) bond motifs is 5. The average molecular weight is 940 g/mol. The Labute approximate surface area is 358 Å². The van der Waals surface area contributed by atoms with Gasteiger partial charge in [0, 0.05) is 57.1 Å². The summed E-state index contributed by atoms with van der Waals surface area (Å²) in [7, 11) is 0. The largest absolute Gasteiger partial charge is 0.498 e. The van der Waals surface area contributed by atoms with Crippen LogP contribution in [0.2, 0.25) is 0 Å². The third kappa shape index (κ3) is 8.59. The van der Waals surface area contributed by atoms with Gasteiger partial charge in [-0.25, -0.2) is 4.98 Å². The van der Waals surface area contributed by atoms with Crippen molar-refractivity contribution in [2.24, 2.45) is 5.41 Å². The van der Waals surface area contributed by atoms with Gasteiger partial charge in [-0.3, -0.25) is 0 Å². The Morgan fingerprint density at radius 3 is 2.21 bits per heavy atom. The first-order valence-corrected chi connectivity index (χ1v) is 19.4. The van der Waals surface area contributed by atoms with Gasteiger partial charge in [0.2, 0.25) is 0 Å². The number of hydrogen-bond donors (Lipinski definition) is 0. The molecule has 6 heteroatoms. The number of rotatable bonds is 5. The Morgan fingerprint density at radius 2 is 1.59 bits per heavy atom. The fraction of sp³-hybridized carbons (Fsp3) is 0.300. The van der Waals surface area contributed by atoms with Crippen LogP contribution in [-0.4, -0.2) is 15.0 Å². The third-order valence-corrected chi connectivity index (χ3v) is 10.9. The first kappa shape index (κ1) is 33.6. The number of nitrogens with zero attached hydrogens (tertiary/aromatic N) is 3. The van der Waals surface area contributed by atoms with E-state index in [2.05, 4.69) is 82.1 Å². The van der Waals surface area contributed by atoms with Crippen molar-refractivity contribution in [2.75, 3.05) is 0 Å². The molecule has 0 fully saturated rings. The zero-order valence-corrected chi connectivity index (χ0v) is 36.9. The van der Waals surface area contributed by atoms with E-state index in [1.54, 1.807) is 35.6 Å². The minimum Gasteiger partial charge on any atom is -0.498 e. The molecule has 0 aliphatic carbocycles. The normalized spacial score (nSPS) is 14.2. The fourth-order valence-electron chi connectivity index (χ4n) is 6.79. The summed E-state index contributed by atoms with van der Waals surface area (Å²) in [5.74, 6) is -0.820. The maximum Gasteiger partial charge on any atom is 0.148 e. The summed E-state index contributed by atoms with van der Waals surface area (Å²) in [5, 5.41) is 3.16. The Hall–Kier alpha value is -4.48. The maximum atomic E-state index is 8.99. The van der Waals surface area contributed by atoms with Crippen molar-refractivity contribution in [2.45, 2.75) is 93.8 Å². The van der Waals surface area contributed by atoms with E-state index in [0.717, 1.165) is 65.1 Å². The second-order valence-corrected chi connectivity index (χ2v) is 17.5. The van der Waals surface area contributed by atoms with Crippen molar-refractivity contribution in [3.63, 3.8) is 0 Å². The van der Waals surface area contributed by atoms with Crippen molar-refractivity contribution in [3.05, 3.63) is 136 Å². The van der Waals surface area contributed by atoms with Crippen molar-refractivity contribution < 1.29 is 32.7 Å². The number of furan rings is 1. The molecule has 8 rings (SSSR count). The van der Waals surface area contributed by atoms with E-state index in [4.69, 9.17) is 22.6 Å². The van der Waals surface area contributed by atoms with Gasteiger partial charge < -0.3 is 14.4 Å². The molecule has 0 spiro atoms. The molecule has 289 valence electrons. The molecule has 8 aromatic rings. The molecule has 4 nitrogen and oxygen atoms in total. The minimum absolute atomic E-state index is 0. The van der Waals surface area contributed by atoms with Crippen LogP contribution in [0.5, 0.6) is 0 Å². The molecule has 0 saturated carbocycles. The molecule has 4 heterocycles. The van der Waals surface area contributed by atoms with Gasteiger partial charge in [-0.1, -0.05) is 116 Å². The molecule has 56 heavy (non-hydrogen) atoms. The summed E-state index contributed by atoms with van der Waals surface area (Å²) in [6.07, 6.45) is 1.96. The van der Waals surface area contributed by atoms with E-state index in [-0.39, 0.29) is 31.1 Å². The first-order chi connectivity index (χ1) is 28.4. The molecule has 0 aliphatic rings. The molecule has 0 unspecified atom stereocenters. The molecule has 0 amide bonds. The van der Waals surface area contributed by atoms with Gasteiger partial charge in [0.25, 0.3) is 0 Å². The number of aryl methyl sites for hydroxylation is 3. The van der Waals surface area contributed by atoms with Crippen LogP contribution in [0.15, 0.2) is 95.7 Å². The van der Waals surface area contributed by atoms with Gasteiger partial charge >= 0.3 is 0 Å². The van der Waals surface area contributed by atoms with Crippen LogP contribution in [0.1, 0.15) is 102 Å². The van der Waals surface area contributed by atoms with E-state index >= 15 is 0 Å². The standard InChI is InChI=1S/C33H31N2OS.C17H20N.Ir/c1-18(2)24-16-26(34-17-25(24)28-19(3)10-8-11-20(28)4)23-13-9-12-21-22-14-15-27-29(31(22)36-30(21)23)35-32(37-27)33(5,6)7;1-13-5-8-15(9-6-13)16-10-7-14(12-18-16)11-17(2,3)4;/h8-12,14-18H,1-7H3;5-8,10,12H,11H2,1-4H3;/q2*-1;/i18D;1D3,11D2;. The zero-order valence-electron chi connectivity index (χ0n) is 39.7. The molecular weight excluding hydrogens is 883 g/mol. The molecule has 4 aromatic heterocycles. The topological polar surface area (TPSA) is 51.8 Å². The molecule has 0 aliphatic heterocycles. The van der Waals surface area contributed by atoms with Crippen molar-refractivity contribution >= 4 is 43.5 Å². The average Bonchev–Trinajstić information content (AvgIpc) is 3.80. The third-order valence-electron chi connectivity index (χ3n) is 9.42. The second kappa shape index (κ2) is 16.2. The summed E-state index contributed by atoms with van der Waals surface area (Å²) in [6.45, 7) is 18.1. The van der Waals surface area contributed by atoms with Crippen LogP contribution in [-0.2, 0) is 31.9 Å². The van der Waals surface area contributed by atoms with Crippen molar-refractivity contribution in [1.82, 2.24) is 15.0 Å². The Bertz CT molecular complexity index is 2880. The van der Waals surface area contributed by atoms with Crippen LogP contribution >= 0.6 is 11.3 Å². The first-order valence-electron chi connectivity index (χ1n) is 21.6. The van der Waals surface area contributed by atoms with Gasteiger partial charge in [0.05, 0.1) is 15.3 Å². The number of benzene rings is 4. The van der Waals surface area contributed by atoms with Gasteiger partial charge in [-0.2, -0.15) is 0 Å². The van der Waals surface area contributed by atoms with Crippen LogP contribution < -0.4 is 0 Å². The number of aromatic nitrogens is 3. The Morgan fingerprint density at radius 1 is 0.857 bits per heavy atom. The molecular formula is C50H51IrN3OS-2. The van der Waals surface area contributed by atoms with Crippen LogP contribution in [0.3, 0.4) is 0 Å².